The van der Waals surface area contributed by atoms with Crippen LogP contribution in [0, 0.1) is 10.1 Å². The third-order valence-corrected chi connectivity index (χ3v) is 3.13. The van der Waals surface area contributed by atoms with Gasteiger partial charge in [0.25, 0.3) is 5.69 Å². The number of nitro benzene ring substituents is 1. The quantitative estimate of drug-likeness (QED) is 0.372. The van der Waals surface area contributed by atoms with Gasteiger partial charge >= 0.3 is 5.97 Å². The van der Waals surface area contributed by atoms with E-state index in [-0.39, 0.29) is 17.2 Å². The van der Waals surface area contributed by atoms with Crippen molar-refractivity contribution in [2.45, 2.75) is 0 Å². The van der Waals surface area contributed by atoms with E-state index in [0.717, 1.165) is 6.07 Å². The van der Waals surface area contributed by atoms with Crippen molar-refractivity contribution in [3.8, 4) is 11.5 Å². The van der Waals surface area contributed by atoms with Crippen LogP contribution in [0.25, 0.3) is 0 Å². The zero-order chi connectivity index (χ0) is 13.8. The third kappa shape index (κ3) is 2.89. The maximum Gasteiger partial charge on any atom is 0.353 e. The molecule has 0 bridgehead atoms. The van der Waals surface area contributed by atoms with Gasteiger partial charge in [-0.15, -0.1) is 11.3 Å². The number of nitrogens with zero attached hydrogens (tertiary/aromatic N) is 1. The summed E-state index contributed by atoms with van der Waals surface area (Å²) in [6.45, 7) is 0. The first-order valence-electron chi connectivity index (χ1n) is 5.20. The molecule has 98 valence electrons. The predicted octanol–water partition coefficient (Wildman–Crippen LogP) is 2.88. The summed E-state index contributed by atoms with van der Waals surface area (Å²) in [7, 11) is 1.39. The van der Waals surface area contributed by atoms with E-state index in [1.54, 1.807) is 17.5 Å². The van der Waals surface area contributed by atoms with Gasteiger partial charge in [0.15, 0.2) is 11.5 Å². The van der Waals surface area contributed by atoms with E-state index in [0.29, 0.717) is 4.88 Å². The number of thiophene rings is 1. The molecule has 1 aromatic carbocycles. The highest BCUT2D eigenvalue weighted by Crippen LogP contribution is 2.31. The van der Waals surface area contributed by atoms with Crippen molar-refractivity contribution < 1.29 is 19.2 Å². The van der Waals surface area contributed by atoms with Gasteiger partial charge in [0.05, 0.1) is 18.1 Å². The Hall–Kier alpha value is -2.41. The maximum absolute atomic E-state index is 11.8. The number of non-ortho nitro benzene ring substituents is 1. The largest absolute Gasteiger partial charge is 0.493 e. The lowest BCUT2D eigenvalue weighted by Gasteiger charge is -2.07. The smallest absolute Gasteiger partial charge is 0.353 e. The van der Waals surface area contributed by atoms with Crippen LogP contribution in [0.1, 0.15) is 9.67 Å². The van der Waals surface area contributed by atoms with Gasteiger partial charge in [0, 0.05) is 6.07 Å². The summed E-state index contributed by atoms with van der Waals surface area (Å²) < 4.78 is 10.1. The van der Waals surface area contributed by atoms with Crippen molar-refractivity contribution >= 4 is 23.0 Å². The van der Waals surface area contributed by atoms with Crippen LogP contribution in [0.5, 0.6) is 11.5 Å². The molecule has 0 atom stereocenters. The van der Waals surface area contributed by atoms with Crippen LogP contribution in [-0.4, -0.2) is 18.0 Å². The molecular weight excluding hydrogens is 270 g/mol. The molecule has 19 heavy (non-hydrogen) atoms. The standard InChI is InChI=1S/C12H9NO5S/c1-17-9-5-4-8(13(15)16)7-10(9)18-12(14)11-3-2-6-19-11/h2-7H,1H3. The summed E-state index contributed by atoms with van der Waals surface area (Å²) in [5.41, 5.74) is -0.172. The zero-order valence-corrected chi connectivity index (χ0v) is 10.7. The van der Waals surface area contributed by atoms with Gasteiger partial charge in [-0.3, -0.25) is 10.1 Å². The summed E-state index contributed by atoms with van der Waals surface area (Å²) >= 11 is 1.23. The second-order valence-electron chi connectivity index (χ2n) is 3.46. The van der Waals surface area contributed by atoms with Crippen molar-refractivity contribution in [3.05, 3.63) is 50.7 Å². The highest BCUT2D eigenvalue weighted by atomic mass is 32.1. The molecule has 1 aromatic heterocycles. The lowest BCUT2D eigenvalue weighted by molar-refractivity contribution is -0.384. The number of nitro groups is 1. The fraction of sp³-hybridized carbons (Fsp3) is 0.0833. The molecule has 0 aliphatic rings. The first-order valence-corrected chi connectivity index (χ1v) is 6.08. The summed E-state index contributed by atoms with van der Waals surface area (Å²) in [6, 6.07) is 7.14. The Morgan fingerprint density at radius 2 is 2.11 bits per heavy atom. The van der Waals surface area contributed by atoms with E-state index in [2.05, 4.69) is 0 Å². The molecule has 0 N–H and O–H groups in total. The summed E-state index contributed by atoms with van der Waals surface area (Å²) in [5.74, 6) is -0.292. The molecule has 2 aromatic rings. The second kappa shape index (κ2) is 5.49. The zero-order valence-electron chi connectivity index (χ0n) is 9.86. The average molecular weight is 279 g/mol. The number of hydrogen-bond acceptors (Lipinski definition) is 6. The normalized spacial score (nSPS) is 9.95. The minimum Gasteiger partial charge on any atom is -0.493 e. The molecule has 0 saturated carbocycles. The van der Waals surface area contributed by atoms with Crippen molar-refractivity contribution in [2.24, 2.45) is 0 Å². The van der Waals surface area contributed by atoms with E-state index in [9.17, 15) is 14.9 Å². The third-order valence-electron chi connectivity index (χ3n) is 2.28. The number of esters is 1. The summed E-state index contributed by atoms with van der Waals surface area (Å²) in [6.07, 6.45) is 0. The van der Waals surface area contributed by atoms with Crippen LogP contribution in [0.3, 0.4) is 0 Å². The van der Waals surface area contributed by atoms with E-state index >= 15 is 0 Å². The van der Waals surface area contributed by atoms with Crippen LogP contribution in [0.4, 0.5) is 5.69 Å². The van der Waals surface area contributed by atoms with Gasteiger partial charge in [-0.05, 0) is 17.5 Å². The minimum atomic E-state index is -0.575. The molecule has 2 rings (SSSR count). The summed E-state index contributed by atoms with van der Waals surface area (Å²) in [4.78, 5) is 22.3. The molecular formula is C12H9NO5S. The van der Waals surface area contributed by atoms with Gasteiger partial charge in [-0.1, -0.05) is 6.07 Å². The van der Waals surface area contributed by atoms with Gasteiger partial charge < -0.3 is 9.47 Å². The number of carbonyl (C=O) groups is 1. The molecule has 0 spiro atoms. The van der Waals surface area contributed by atoms with Crippen LogP contribution < -0.4 is 9.47 Å². The Morgan fingerprint density at radius 3 is 2.68 bits per heavy atom. The molecule has 6 nitrogen and oxygen atoms in total. The summed E-state index contributed by atoms with van der Waals surface area (Å²) in [5, 5.41) is 12.4. The van der Waals surface area contributed by atoms with E-state index < -0.39 is 10.9 Å². The second-order valence-corrected chi connectivity index (χ2v) is 4.41. The Morgan fingerprint density at radius 1 is 1.32 bits per heavy atom. The Bertz CT molecular complexity index is 609. The van der Waals surface area contributed by atoms with E-state index in [1.165, 1.54) is 30.6 Å². The maximum atomic E-state index is 11.8. The number of ether oxygens (including phenoxy) is 2. The highest BCUT2D eigenvalue weighted by molar-refractivity contribution is 7.12. The van der Waals surface area contributed by atoms with Crippen LogP contribution >= 0.6 is 11.3 Å². The average Bonchev–Trinajstić information content (AvgIpc) is 2.92. The first-order chi connectivity index (χ1) is 9.11. The molecule has 0 radical (unpaired) electrons. The van der Waals surface area contributed by atoms with Crippen molar-refractivity contribution in [1.82, 2.24) is 0 Å². The molecule has 0 fully saturated rings. The molecule has 0 saturated heterocycles. The monoisotopic (exact) mass is 279 g/mol. The van der Waals surface area contributed by atoms with Gasteiger partial charge in [0.2, 0.25) is 0 Å². The fourth-order valence-corrected chi connectivity index (χ4v) is 2.00. The van der Waals surface area contributed by atoms with Crippen LogP contribution in [-0.2, 0) is 0 Å². The molecule has 0 unspecified atom stereocenters. The van der Waals surface area contributed by atoms with Gasteiger partial charge in [0.1, 0.15) is 4.88 Å². The number of benzene rings is 1. The highest BCUT2D eigenvalue weighted by Gasteiger charge is 2.17. The number of carbonyl (C=O) groups excluding carboxylic acids is 1. The van der Waals surface area contributed by atoms with Crippen molar-refractivity contribution in [3.63, 3.8) is 0 Å². The number of rotatable bonds is 4. The van der Waals surface area contributed by atoms with E-state index in [4.69, 9.17) is 9.47 Å². The molecule has 0 aliphatic carbocycles. The van der Waals surface area contributed by atoms with Gasteiger partial charge in [-0.25, -0.2) is 4.79 Å². The number of hydrogen-bond donors (Lipinski definition) is 0. The fourth-order valence-electron chi connectivity index (χ4n) is 1.40. The lowest BCUT2D eigenvalue weighted by atomic mass is 10.3. The van der Waals surface area contributed by atoms with Crippen molar-refractivity contribution in [2.75, 3.05) is 7.11 Å². The van der Waals surface area contributed by atoms with E-state index in [1.807, 2.05) is 0 Å². The van der Waals surface area contributed by atoms with Crippen LogP contribution in [0.15, 0.2) is 35.7 Å². The lowest BCUT2D eigenvalue weighted by Crippen LogP contribution is -2.07. The Balaban J connectivity index is 2.30. The van der Waals surface area contributed by atoms with Crippen LogP contribution in [0.2, 0.25) is 0 Å². The van der Waals surface area contributed by atoms with Crippen molar-refractivity contribution in [1.29, 1.82) is 0 Å². The molecule has 1 heterocycles. The SMILES string of the molecule is COc1ccc([N+](=O)[O-])cc1OC(=O)c1cccs1. The number of methoxy groups -OCH3 is 1. The molecule has 0 amide bonds. The topological polar surface area (TPSA) is 78.7 Å². The molecule has 0 aliphatic heterocycles. The minimum absolute atomic E-state index is 0.0232. The molecule has 7 heteroatoms. The predicted molar refractivity (Wildman–Crippen MR) is 68.9 cm³/mol. The Kier molecular flexibility index (Phi) is 3.76. The van der Waals surface area contributed by atoms with Gasteiger partial charge in [-0.2, -0.15) is 0 Å². The Labute approximate surface area is 112 Å². The first kappa shape index (κ1) is 13.0.